The van der Waals surface area contributed by atoms with Crippen LogP contribution in [0.15, 0.2) is 24.3 Å². The fourth-order valence-corrected chi connectivity index (χ4v) is 2.56. The molecule has 1 aromatic rings. The van der Waals surface area contributed by atoms with Crippen LogP contribution in [0.1, 0.15) is 19.8 Å². The van der Waals surface area contributed by atoms with E-state index in [1.54, 1.807) is 17.0 Å². The van der Waals surface area contributed by atoms with Crippen molar-refractivity contribution < 1.29 is 19.1 Å². The maximum absolute atomic E-state index is 13.3. The van der Waals surface area contributed by atoms with Gasteiger partial charge >= 0.3 is 12.0 Å². The van der Waals surface area contributed by atoms with Crippen LogP contribution in [0.5, 0.6) is 0 Å². The summed E-state index contributed by atoms with van der Waals surface area (Å²) in [6, 6.07) is 5.71. The monoisotopic (exact) mass is 294 g/mol. The zero-order chi connectivity index (χ0) is 15.4. The Morgan fingerprint density at radius 3 is 2.57 bits per heavy atom. The van der Waals surface area contributed by atoms with Gasteiger partial charge in [-0.25, -0.2) is 9.18 Å². The van der Waals surface area contributed by atoms with Crippen LogP contribution in [0.2, 0.25) is 0 Å². The van der Waals surface area contributed by atoms with Crippen LogP contribution in [0.4, 0.5) is 14.9 Å². The molecule has 1 N–H and O–H groups in total. The van der Waals surface area contributed by atoms with E-state index < -0.39 is 5.97 Å². The van der Waals surface area contributed by atoms with Crippen molar-refractivity contribution in [3.05, 3.63) is 30.1 Å². The summed E-state index contributed by atoms with van der Waals surface area (Å²) < 4.78 is 13.3. The number of anilines is 1. The summed E-state index contributed by atoms with van der Waals surface area (Å²) in [4.78, 5) is 26.6. The number of carboxylic acids is 1. The Morgan fingerprint density at radius 2 is 2.05 bits per heavy atom. The molecule has 1 saturated heterocycles. The molecule has 1 aromatic carbocycles. The molecule has 5 nitrogen and oxygen atoms in total. The molecule has 0 aliphatic carbocycles. The number of halogens is 1. The number of aliphatic carboxylic acids is 1. The number of hydrogen-bond acceptors (Lipinski definition) is 2. The van der Waals surface area contributed by atoms with E-state index in [1.165, 1.54) is 17.0 Å². The number of piperidine rings is 1. The second-order valence-corrected chi connectivity index (χ2v) is 5.11. The first-order chi connectivity index (χ1) is 10.0. The summed E-state index contributed by atoms with van der Waals surface area (Å²) in [5.41, 5.74) is 0.517. The lowest BCUT2D eigenvalue weighted by molar-refractivity contribution is -0.143. The predicted octanol–water partition coefficient (Wildman–Crippen LogP) is 2.57. The lowest BCUT2D eigenvalue weighted by atomic mass is 9.97. The molecule has 1 heterocycles. The summed E-state index contributed by atoms with van der Waals surface area (Å²) in [5.74, 6) is -1.57. The molecule has 1 aliphatic heterocycles. The highest BCUT2D eigenvalue weighted by molar-refractivity contribution is 5.92. The molecule has 0 saturated carbocycles. The van der Waals surface area contributed by atoms with E-state index in [9.17, 15) is 14.0 Å². The fourth-order valence-electron chi connectivity index (χ4n) is 2.56. The van der Waals surface area contributed by atoms with Crippen LogP contribution in [-0.2, 0) is 4.79 Å². The lowest BCUT2D eigenvalue weighted by Gasteiger charge is -2.34. The maximum atomic E-state index is 13.3. The van der Waals surface area contributed by atoms with Gasteiger partial charge in [-0.3, -0.25) is 9.69 Å². The molecular weight excluding hydrogens is 275 g/mol. The second-order valence-electron chi connectivity index (χ2n) is 5.11. The van der Waals surface area contributed by atoms with Gasteiger partial charge in [0.15, 0.2) is 0 Å². The van der Waals surface area contributed by atoms with Crippen LogP contribution in [0.3, 0.4) is 0 Å². The molecule has 114 valence electrons. The largest absolute Gasteiger partial charge is 0.481 e. The first-order valence-electron chi connectivity index (χ1n) is 7.07. The Kier molecular flexibility index (Phi) is 4.77. The van der Waals surface area contributed by atoms with Crippen LogP contribution >= 0.6 is 0 Å². The van der Waals surface area contributed by atoms with E-state index in [0.717, 1.165) is 0 Å². The van der Waals surface area contributed by atoms with E-state index >= 15 is 0 Å². The van der Waals surface area contributed by atoms with E-state index in [0.29, 0.717) is 38.2 Å². The quantitative estimate of drug-likeness (QED) is 0.932. The molecule has 2 amide bonds. The van der Waals surface area contributed by atoms with E-state index in [4.69, 9.17) is 5.11 Å². The van der Waals surface area contributed by atoms with Crippen molar-refractivity contribution in [3.8, 4) is 0 Å². The standard InChI is InChI=1S/C15H19FN2O3/c1-2-18(13-5-3-4-12(16)10-13)15(21)17-8-6-11(7-9-17)14(19)20/h3-5,10-11H,2,6-9H2,1H3,(H,19,20). The number of carbonyl (C=O) groups excluding carboxylic acids is 1. The van der Waals surface area contributed by atoms with Crippen LogP contribution in [0, 0.1) is 11.7 Å². The summed E-state index contributed by atoms with van der Waals surface area (Å²) in [6.07, 6.45) is 0.920. The summed E-state index contributed by atoms with van der Waals surface area (Å²) in [6.45, 7) is 3.09. The minimum absolute atomic E-state index is 0.202. The van der Waals surface area contributed by atoms with Crippen LogP contribution in [-0.4, -0.2) is 41.6 Å². The molecule has 1 aliphatic rings. The molecule has 0 unspecified atom stereocenters. The third-order valence-electron chi connectivity index (χ3n) is 3.78. The predicted molar refractivity (Wildman–Crippen MR) is 76.7 cm³/mol. The molecule has 2 rings (SSSR count). The first-order valence-corrected chi connectivity index (χ1v) is 7.07. The molecule has 6 heteroatoms. The van der Waals surface area contributed by atoms with Gasteiger partial charge < -0.3 is 10.0 Å². The number of rotatable bonds is 3. The van der Waals surface area contributed by atoms with Crippen molar-refractivity contribution in [2.75, 3.05) is 24.5 Å². The van der Waals surface area contributed by atoms with Crippen LogP contribution < -0.4 is 4.90 Å². The number of carbonyl (C=O) groups is 2. The molecule has 0 atom stereocenters. The van der Waals surface area contributed by atoms with Crippen molar-refractivity contribution in [3.63, 3.8) is 0 Å². The Morgan fingerprint density at radius 1 is 1.38 bits per heavy atom. The topological polar surface area (TPSA) is 60.9 Å². The Balaban J connectivity index is 2.06. The molecule has 0 radical (unpaired) electrons. The van der Waals surface area contributed by atoms with Crippen molar-refractivity contribution >= 4 is 17.7 Å². The van der Waals surface area contributed by atoms with Crippen molar-refractivity contribution in [1.29, 1.82) is 0 Å². The zero-order valence-corrected chi connectivity index (χ0v) is 12.0. The zero-order valence-electron chi connectivity index (χ0n) is 12.0. The van der Waals surface area contributed by atoms with Gasteiger partial charge in [-0.2, -0.15) is 0 Å². The smallest absolute Gasteiger partial charge is 0.324 e. The van der Waals surface area contributed by atoms with E-state index in [2.05, 4.69) is 0 Å². The van der Waals surface area contributed by atoms with E-state index in [-0.39, 0.29) is 17.8 Å². The highest BCUT2D eigenvalue weighted by atomic mass is 19.1. The maximum Gasteiger partial charge on any atom is 0.324 e. The van der Waals surface area contributed by atoms with Gasteiger partial charge in [-0.15, -0.1) is 0 Å². The minimum atomic E-state index is -0.806. The Labute approximate surface area is 123 Å². The minimum Gasteiger partial charge on any atom is -0.481 e. The SMILES string of the molecule is CCN(C(=O)N1CCC(C(=O)O)CC1)c1cccc(F)c1. The summed E-state index contributed by atoms with van der Waals surface area (Å²) in [5, 5.41) is 8.97. The number of likely N-dealkylation sites (tertiary alicyclic amines) is 1. The van der Waals surface area contributed by atoms with E-state index in [1.807, 2.05) is 6.92 Å². The van der Waals surface area contributed by atoms with Gasteiger partial charge in [0.05, 0.1) is 5.92 Å². The third-order valence-corrected chi connectivity index (χ3v) is 3.78. The molecular formula is C15H19FN2O3. The Hall–Kier alpha value is -2.11. The second kappa shape index (κ2) is 6.56. The first kappa shape index (κ1) is 15.3. The highest BCUT2D eigenvalue weighted by Gasteiger charge is 2.29. The van der Waals surface area contributed by atoms with Gasteiger partial charge in [0.2, 0.25) is 0 Å². The van der Waals surface area contributed by atoms with Gasteiger partial charge in [-0.1, -0.05) is 6.07 Å². The lowest BCUT2D eigenvalue weighted by Crippen LogP contribution is -2.47. The fraction of sp³-hybridized carbons (Fsp3) is 0.467. The number of carboxylic acid groups (broad SMARTS) is 1. The molecule has 0 aromatic heterocycles. The molecule has 21 heavy (non-hydrogen) atoms. The average molecular weight is 294 g/mol. The number of urea groups is 1. The van der Waals surface area contributed by atoms with Crippen molar-refractivity contribution in [2.45, 2.75) is 19.8 Å². The molecule has 1 fully saturated rings. The van der Waals surface area contributed by atoms with Gasteiger partial charge in [0, 0.05) is 25.3 Å². The number of hydrogen-bond donors (Lipinski definition) is 1. The summed E-state index contributed by atoms with van der Waals surface area (Å²) >= 11 is 0. The van der Waals surface area contributed by atoms with Crippen molar-refractivity contribution in [2.24, 2.45) is 5.92 Å². The average Bonchev–Trinajstić information content (AvgIpc) is 2.48. The third kappa shape index (κ3) is 3.51. The van der Waals surface area contributed by atoms with Gasteiger partial charge in [0.25, 0.3) is 0 Å². The molecule has 0 bridgehead atoms. The van der Waals surface area contributed by atoms with Gasteiger partial charge in [-0.05, 0) is 38.0 Å². The summed E-state index contributed by atoms with van der Waals surface area (Å²) in [7, 11) is 0. The van der Waals surface area contributed by atoms with Crippen molar-refractivity contribution in [1.82, 2.24) is 4.90 Å². The number of amides is 2. The van der Waals surface area contributed by atoms with Gasteiger partial charge in [0.1, 0.15) is 5.82 Å². The normalized spacial score (nSPS) is 15.8. The number of nitrogens with zero attached hydrogens (tertiary/aromatic N) is 2. The highest BCUT2D eigenvalue weighted by Crippen LogP contribution is 2.22. The number of benzene rings is 1. The van der Waals surface area contributed by atoms with Crippen LogP contribution in [0.25, 0.3) is 0 Å². The molecule has 0 spiro atoms. The Bertz CT molecular complexity index is 527.